The molecular formula is C9H16N2O2. The van der Waals surface area contributed by atoms with Gasteiger partial charge in [-0.3, -0.25) is 5.32 Å². The Morgan fingerprint density at radius 1 is 1.69 bits per heavy atom. The van der Waals surface area contributed by atoms with Crippen LogP contribution < -0.4 is 5.32 Å². The second kappa shape index (κ2) is 5.92. The first kappa shape index (κ1) is 10.5. The Hall–Kier alpha value is -0.630. The molecule has 2 N–H and O–H groups in total. The highest BCUT2D eigenvalue weighted by atomic mass is 16.5. The highest BCUT2D eigenvalue weighted by Crippen LogP contribution is 2.15. The van der Waals surface area contributed by atoms with Crippen LogP contribution in [0.3, 0.4) is 0 Å². The van der Waals surface area contributed by atoms with Crippen LogP contribution in [0, 0.1) is 11.3 Å². The van der Waals surface area contributed by atoms with Gasteiger partial charge in [-0.05, 0) is 25.8 Å². The van der Waals surface area contributed by atoms with E-state index in [2.05, 4.69) is 11.4 Å². The summed E-state index contributed by atoms with van der Waals surface area (Å²) in [5.41, 5.74) is 0. The maximum atomic E-state index is 8.83. The molecule has 4 heteroatoms. The number of nitrogens with zero attached hydrogens (tertiary/aromatic N) is 1. The van der Waals surface area contributed by atoms with Crippen molar-refractivity contribution in [3.05, 3.63) is 0 Å². The quantitative estimate of drug-likeness (QED) is 0.592. The predicted octanol–water partition coefficient (Wildman–Crippen LogP) is 0.0296. The van der Waals surface area contributed by atoms with Crippen LogP contribution in [-0.2, 0) is 4.74 Å². The minimum atomic E-state index is -0.214. The summed E-state index contributed by atoms with van der Waals surface area (Å²) in [6.07, 6.45) is 2.74. The Labute approximate surface area is 78.5 Å². The fraction of sp³-hybridized carbons (Fsp3) is 0.889. The zero-order valence-electron chi connectivity index (χ0n) is 7.70. The predicted molar refractivity (Wildman–Crippen MR) is 48.1 cm³/mol. The van der Waals surface area contributed by atoms with Gasteiger partial charge < -0.3 is 9.84 Å². The molecule has 0 spiro atoms. The Morgan fingerprint density at radius 3 is 3.08 bits per heavy atom. The van der Waals surface area contributed by atoms with Crippen LogP contribution in [0.25, 0.3) is 0 Å². The number of rotatable bonds is 5. The highest BCUT2D eigenvalue weighted by molar-refractivity contribution is 4.97. The van der Waals surface area contributed by atoms with Gasteiger partial charge in [-0.2, -0.15) is 5.26 Å². The maximum Gasteiger partial charge on any atom is 0.122 e. The van der Waals surface area contributed by atoms with Crippen molar-refractivity contribution in [2.45, 2.75) is 31.4 Å². The zero-order valence-corrected chi connectivity index (χ0v) is 7.70. The third-order valence-corrected chi connectivity index (χ3v) is 2.17. The van der Waals surface area contributed by atoms with Crippen molar-refractivity contribution >= 4 is 0 Å². The molecule has 1 aliphatic rings. The summed E-state index contributed by atoms with van der Waals surface area (Å²) < 4.78 is 5.39. The van der Waals surface area contributed by atoms with E-state index >= 15 is 0 Å². The van der Waals surface area contributed by atoms with Crippen molar-refractivity contribution in [1.29, 1.82) is 5.26 Å². The molecule has 0 saturated carbocycles. The summed E-state index contributed by atoms with van der Waals surface area (Å²) in [7, 11) is 0. The van der Waals surface area contributed by atoms with Gasteiger partial charge in [0.15, 0.2) is 0 Å². The SMILES string of the molecule is N#CC(NCCCO)C1CCCO1. The number of ether oxygens (including phenoxy) is 1. The van der Waals surface area contributed by atoms with Crippen molar-refractivity contribution in [3.8, 4) is 6.07 Å². The molecule has 1 fully saturated rings. The minimum Gasteiger partial charge on any atom is -0.396 e. The van der Waals surface area contributed by atoms with Gasteiger partial charge in [0.1, 0.15) is 6.04 Å². The Bertz CT molecular complexity index is 173. The molecule has 0 aromatic carbocycles. The van der Waals surface area contributed by atoms with Gasteiger partial charge in [0, 0.05) is 13.2 Å². The lowest BCUT2D eigenvalue weighted by molar-refractivity contribution is 0.0927. The number of nitriles is 1. The molecule has 0 bridgehead atoms. The van der Waals surface area contributed by atoms with E-state index in [4.69, 9.17) is 15.1 Å². The molecule has 1 heterocycles. The lowest BCUT2D eigenvalue weighted by Gasteiger charge is -2.16. The molecule has 0 aliphatic carbocycles. The van der Waals surface area contributed by atoms with E-state index in [1.54, 1.807) is 0 Å². The van der Waals surface area contributed by atoms with Crippen LogP contribution in [0.15, 0.2) is 0 Å². The monoisotopic (exact) mass is 184 g/mol. The number of hydrogen-bond donors (Lipinski definition) is 2. The van der Waals surface area contributed by atoms with E-state index < -0.39 is 0 Å². The summed E-state index contributed by atoms with van der Waals surface area (Å²) >= 11 is 0. The van der Waals surface area contributed by atoms with Crippen LogP contribution in [-0.4, -0.2) is 37.0 Å². The normalized spacial score (nSPS) is 24.2. The van der Waals surface area contributed by atoms with E-state index in [1.165, 1.54) is 0 Å². The van der Waals surface area contributed by atoms with E-state index in [-0.39, 0.29) is 18.8 Å². The molecule has 1 saturated heterocycles. The van der Waals surface area contributed by atoms with Crippen LogP contribution in [0.1, 0.15) is 19.3 Å². The average molecular weight is 184 g/mol. The fourth-order valence-corrected chi connectivity index (χ4v) is 1.46. The lowest BCUT2D eigenvalue weighted by Crippen LogP contribution is -2.39. The van der Waals surface area contributed by atoms with Crippen LogP contribution in [0.5, 0.6) is 0 Å². The van der Waals surface area contributed by atoms with Crippen molar-refractivity contribution in [3.63, 3.8) is 0 Å². The first-order valence-corrected chi connectivity index (χ1v) is 4.74. The molecule has 1 rings (SSSR count). The standard InChI is InChI=1S/C9H16N2O2/c10-7-8(11-4-2-5-12)9-3-1-6-13-9/h8-9,11-12H,1-6H2. The van der Waals surface area contributed by atoms with Crippen molar-refractivity contribution in [2.75, 3.05) is 19.8 Å². The van der Waals surface area contributed by atoms with Gasteiger partial charge >= 0.3 is 0 Å². The molecule has 2 unspecified atom stereocenters. The second-order valence-corrected chi connectivity index (χ2v) is 3.19. The molecular weight excluding hydrogens is 168 g/mol. The van der Waals surface area contributed by atoms with Crippen LogP contribution >= 0.6 is 0 Å². The van der Waals surface area contributed by atoms with E-state index in [0.29, 0.717) is 13.0 Å². The molecule has 1 aliphatic heterocycles. The summed E-state index contributed by atoms with van der Waals surface area (Å²) in [4.78, 5) is 0. The van der Waals surface area contributed by atoms with Crippen molar-refractivity contribution in [2.24, 2.45) is 0 Å². The second-order valence-electron chi connectivity index (χ2n) is 3.19. The number of aliphatic hydroxyl groups excluding tert-OH is 1. The third kappa shape index (κ3) is 3.31. The first-order chi connectivity index (χ1) is 6.38. The Kier molecular flexibility index (Phi) is 4.76. The van der Waals surface area contributed by atoms with E-state index in [1.807, 2.05) is 0 Å². The van der Waals surface area contributed by atoms with E-state index in [9.17, 15) is 0 Å². The molecule has 0 amide bonds. The van der Waals surface area contributed by atoms with Gasteiger partial charge in [0.05, 0.1) is 12.2 Å². The fourth-order valence-electron chi connectivity index (χ4n) is 1.46. The topological polar surface area (TPSA) is 65.3 Å². The lowest BCUT2D eigenvalue weighted by atomic mass is 10.1. The first-order valence-electron chi connectivity index (χ1n) is 4.74. The van der Waals surface area contributed by atoms with Gasteiger partial charge in [-0.15, -0.1) is 0 Å². The molecule has 0 radical (unpaired) electrons. The summed E-state index contributed by atoms with van der Waals surface area (Å²) in [6.45, 7) is 1.61. The number of nitrogens with one attached hydrogen (secondary N) is 1. The molecule has 0 aromatic rings. The third-order valence-electron chi connectivity index (χ3n) is 2.17. The van der Waals surface area contributed by atoms with Crippen molar-refractivity contribution in [1.82, 2.24) is 5.32 Å². The average Bonchev–Trinajstić information content (AvgIpc) is 2.65. The van der Waals surface area contributed by atoms with Crippen LogP contribution in [0.4, 0.5) is 0 Å². The van der Waals surface area contributed by atoms with Gasteiger partial charge in [0.25, 0.3) is 0 Å². The van der Waals surface area contributed by atoms with Gasteiger partial charge in [0.2, 0.25) is 0 Å². The molecule has 4 nitrogen and oxygen atoms in total. The molecule has 13 heavy (non-hydrogen) atoms. The van der Waals surface area contributed by atoms with Crippen LogP contribution in [0.2, 0.25) is 0 Å². The number of aliphatic hydroxyl groups is 1. The maximum absolute atomic E-state index is 8.83. The Balaban J connectivity index is 2.22. The summed E-state index contributed by atoms with van der Waals surface area (Å²) in [5.74, 6) is 0. The highest BCUT2D eigenvalue weighted by Gasteiger charge is 2.24. The smallest absolute Gasteiger partial charge is 0.122 e. The Morgan fingerprint density at radius 2 is 2.54 bits per heavy atom. The largest absolute Gasteiger partial charge is 0.396 e. The zero-order chi connectivity index (χ0) is 9.52. The minimum absolute atomic E-state index is 0.0451. The van der Waals surface area contributed by atoms with Crippen molar-refractivity contribution < 1.29 is 9.84 Å². The molecule has 2 atom stereocenters. The summed E-state index contributed by atoms with van der Waals surface area (Å²) in [6, 6.07) is 1.97. The summed E-state index contributed by atoms with van der Waals surface area (Å²) in [5, 5.41) is 20.5. The number of hydrogen-bond acceptors (Lipinski definition) is 4. The molecule has 74 valence electrons. The van der Waals surface area contributed by atoms with E-state index in [0.717, 1.165) is 19.4 Å². The van der Waals surface area contributed by atoms with Gasteiger partial charge in [-0.1, -0.05) is 0 Å². The molecule has 0 aromatic heterocycles. The van der Waals surface area contributed by atoms with Gasteiger partial charge in [-0.25, -0.2) is 0 Å².